The summed E-state index contributed by atoms with van der Waals surface area (Å²) in [5.74, 6) is -0.215. The molecule has 0 aliphatic heterocycles. The predicted octanol–water partition coefficient (Wildman–Crippen LogP) is 3.03. The van der Waals surface area contributed by atoms with E-state index in [1.807, 2.05) is 50.1 Å². The summed E-state index contributed by atoms with van der Waals surface area (Å²) in [5, 5.41) is 3.04. The van der Waals surface area contributed by atoms with Crippen LogP contribution in [0, 0.1) is 6.92 Å². The predicted molar refractivity (Wildman–Crippen MR) is 108 cm³/mol. The summed E-state index contributed by atoms with van der Waals surface area (Å²) in [6.45, 7) is 3.42. The molecule has 0 bridgehead atoms. The number of nitrogens with zero attached hydrogens (tertiary/aromatic N) is 3. The molecular formula is C17H26F3IN4O. The van der Waals surface area contributed by atoms with Gasteiger partial charge in [-0.25, -0.2) is 4.99 Å². The van der Waals surface area contributed by atoms with Crippen molar-refractivity contribution in [3.8, 4) is 0 Å². The van der Waals surface area contributed by atoms with Gasteiger partial charge in [-0.3, -0.25) is 4.79 Å². The topological polar surface area (TPSA) is 47.9 Å². The molecule has 0 aliphatic carbocycles. The Balaban J connectivity index is 0.00000625. The van der Waals surface area contributed by atoms with Gasteiger partial charge in [0.1, 0.15) is 13.1 Å². The van der Waals surface area contributed by atoms with E-state index < -0.39 is 18.6 Å². The van der Waals surface area contributed by atoms with E-state index in [-0.39, 0.29) is 30.5 Å². The first-order valence-corrected chi connectivity index (χ1v) is 7.98. The SMILES string of the molecule is CCNC(=NCC(=O)N(C)CC(F)(F)F)N(C)Cc1ccc(C)cc1.I. The smallest absolute Gasteiger partial charge is 0.357 e. The van der Waals surface area contributed by atoms with Crippen LogP contribution in [0.2, 0.25) is 0 Å². The van der Waals surface area contributed by atoms with Gasteiger partial charge in [-0.2, -0.15) is 13.2 Å². The zero-order chi connectivity index (χ0) is 19.0. The van der Waals surface area contributed by atoms with Crippen molar-refractivity contribution >= 4 is 35.8 Å². The number of aliphatic imine (C=N–C) groups is 1. The van der Waals surface area contributed by atoms with Gasteiger partial charge in [-0.1, -0.05) is 29.8 Å². The van der Waals surface area contributed by atoms with E-state index in [0.29, 0.717) is 23.9 Å². The van der Waals surface area contributed by atoms with E-state index in [4.69, 9.17) is 0 Å². The quantitative estimate of drug-likeness (QED) is 0.382. The Morgan fingerprint density at radius 1 is 1.15 bits per heavy atom. The molecular weight excluding hydrogens is 460 g/mol. The lowest BCUT2D eigenvalue weighted by Crippen LogP contribution is -2.41. The third-order valence-corrected chi connectivity index (χ3v) is 3.44. The molecule has 0 atom stereocenters. The first-order chi connectivity index (χ1) is 11.6. The second kappa shape index (κ2) is 11.2. The number of hydrogen-bond donors (Lipinski definition) is 1. The third-order valence-electron chi connectivity index (χ3n) is 3.44. The second-order valence-corrected chi connectivity index (χ2v) is 5.88. The van der Waals surface area contributed by atoms with E-state index in [2.05, 4.69) is 10.3 Å². The summed E-state index contributed by atoms with van der Waals surface area (Å²) in [5.41, 5.74) is 2.23. The molecule has 5 nitrogen and oxygen atoms in total. The molecule has 1 aromatic rings. The normalized spacial score (nSPS) is 11.6. The van der Waals surface area contributed by atoms with E-state index in [0.717, 1.165) is 18.2 Å². The fourth-order valence-corrected chi connectivity index (χ4v) is 2.13. The first-order valence-electron chi connectivity index (χ1n) is 7.98. The highest BCUT2D eigenvalue weighted by atomic mass is 127. The number of hydrogen-bond acceptors (Lipinski definition) is 2. The third kappa shape index (κ3) is 9.25. The van der Waals surface area contributed by atoms with Crippen molar-refractivity contribution in [1.82, 2.24) is 15.1 Å². The Hall–Kier alpha value is -1.52. The number of amides is 1. The fraction of sp³-hybridized carbons (Fsp3) is 0.529. The number of benzene rings is 1. The van der Waals surface area contributed by atoms with Gasteiger partial charge >= 0.3 is 6.18 Å². The molecule has 26 heavy (non-hydrogen) atoms. The van der Waals surface area contributed by atoms with Crippen molar-refractivity contribution in [3.63, 3.8) is 0 Å². The largest absolute Gasteiger partial charge is 0.406 e. The maximum atomic E-state index is 12.3. The highest BCUT2D eigenvalue weighted by Gasteiger charge is 2.31. The van der Waals surface area contributed by atoms with Gasteiger partial charge in [0.15, 0.2) is 5.96 Å². The summed E-state index contributed by atoms with van der Waals surface area (Å²) in [7, 11) is 2.93. The van der Waals surface area contributed by atoms with Crippen LogP contribution in [0.4, 0.5) is 13.2 Å². The van der Waals surface area contributed by atoms with Crippen molar-refractivity contribution in [2.45, 2.75) is 26.6 Å². The number of rotatable bonds is 6. The number of guanidine groups is 1. The molecule has 0 aliphatic rings. The number of carbonyl (C=O) groups excluding carboxylic acids is 1. The van der Waals surface area contributed by atoms with Crippen LogP contribution in [-0.2, 0) is 11.3 Å². The monoisotopic (exact) mass is 486 g/mol. The van der Waals surface area contributed by atoms with Crippen molar-refractivity contribution < 1.29 is 18.0 Å². The van der Waals surface area contributed by atoms with Crippen LogP contribution < -0.4 is 5.32 Å². The van der Waals surface area contributed by atoms with Gasteiger partial charge in [0.2, 0.25) is 5.91 Å². The Morgan fingerprint density at radius 3 is 2.23 bits per heavy atom. The minimum atomic E-state index is -4.42. The standard InChI is InChI=1S/C17H25F3N4O.HI/c1-5-21-16(22-10-15(25)24(4)12-17(18,19)20)23(3)11-14-8-6-13(2)7-9-14;/h6-9H,5,10-12H2,1-4H3,(H,21,22);1H. The van der Waals surface area contributed by atoms with Gasteiger partial charge in [0.25, 0.3) is 0 Å². The van der Waals surface area contributed by atoms with Crippen LogP contribution in [0.1, 0.15) is 18.1 Å². The molecule has 9 heteroatoms. The average Bonchev–Trinajstić information content (AvgIpc) is 2.51. The minimum absolute atomic E-state index is 0. The summed E-state index contributed by atoms with van der Waals surface area (Å²) < 4.78 is 37.0. The molecule has 148 valence electrons. The van der Waals surface area contributed by atoms with E-state index in [1.54, 1.807) is 0 Å². The van der Waals surface area contributed by atoms with Gasteiger partial charge in [0.05, 0.1) is 0 Å². The van der Waals surface area contributed by atoms with Crippen LogP contribution >= 0.6 is 24.0 Å². The van der Waals surface area contributed by atoms with Crippen molar-refractivity contribution in [2.75, 3.05) is 33.7 Å². The molecule has 1 aromatic carbocycles. The van der Waals surface area contributed by atoms with Gasteiger partial charge in [-0.05, 0) is 19.4 Å². The van der Waals surface area contributed by atoms with Gasteiger partial charge < -0.3 is 15.1 Å². The number of nitrogens with one attached hydrogen (secondary N) is 1. The van der Waals surface area contributed by atoms with E-state index in [1.165, 1.54) is 0 Å². The lowest BCUT2D eigenvalue weighted by atomic mass is 10.1. The molecule has 0 fully saturated rings. The number of likely N-dealkylation sites (N-methyl/N-ethyl adjacent to an activating group) is 1. The number of aryl methyl sites for hydroxylation is 1. The molecule has 0 saturated carbocycles. The second-order valence-electron chi connectivity index (χ2n) is 5.88. The Labute approximate surface area is 169 Å². The average molecular weight is 486 g/mol. The molecule has 0 unspecified atom stereocenters. The fourth-order valence-electron chi connectivity index (χ4n) is 2.13. The number of carbonyl (C=O) groups is 1. The number of halogens is 4. The Bertz CT molecular complexity index is 591. The molecule has 0 radical (unpaired) electrons. The van der Waals surface area contributed by atoms with Crippen molar-refractivity contribution in [1.29, 1.82) is 0 Å². The molecule has 0 saturated heterocycles. The van der Waals surface area contributed by atoms with Crippen LogP contribution in [0.3, 0.4) is 0 Å². The van der Waals surface area contributed by atoms with Crippen LogP contribution in [0.15, 0.2) is 29.3 Å². The zero-order valence-electron chi connectivity index (χ0n) is 15.4. The van der Waals surface area contributed by atoms with Crippen molar-refractivity contribution in [2.24, 2.45) is 4.99 Å². The molecule has 1 rings (SSSR count). The maximum Gasteiger partial charge on any atom is 0.406 e. The molecule has 1 amide bonds. The molecule has 0 spiro atoms. The van der Waals surface area contributed by atoms with E-state index in [9.17, 15) is 18.0 Å². The Kier molecular flexibility index (Phi) is 10.6. The highest BCUT2D eigenvalue weighted by Crippen LogP contribution is 2.15. The van der Waals surface area contributed by atoms with Crippen LogP contribution in [0.25, 0.3) is 0 Å². The Morgan fingerprint density at radius 2 is 1.73 bits per heavy atom. The zero-order valence-corrected chi connectivity index (χ0v) is 17.8. The summed E-state index contributed by atoms with van der Waals surface area (Å²) >= 11 is 0. The molecule has 0 aromatic heterocycles. The molecule has 1 N–H and O–H groups in total. The minimum Gasteiger partial charge on any atom is -0.357 e. The maximum absolute atomic E-state index is 12.3. The van der Waals surface area contributed by atoms with E-state index >= 15 is 0 Å². The summed E-state index contributed by atoms with van der Waals surface area (Å²) in [6.07, 6.45) is -4.42. The van der Waals surface area contributed by atoms with Crippen molar-refractivity contribution in [3.05, 3.63) is 35.4 Å². The lowest BCUT2D eigenvalue weighted by molar-refractivity contribution is -0.157. The summed E-state index contributed by atoms with van der Waals surface area (Å²) in [4.78, 5) is 18.4. The van der Waals surface area contributed by atoms with Crippen LogP contribution in [0.5, 0.6) is 0 Å². The van der Waals surface area contributed by atoms with Gasteiger partial charge in [0, 0.05) is 27.2 Å². The number of alkyl halides is 3. The molecule has 0 heterocycles. The lowest BCUT2D eigenvalue weighted by Gasteiger charge is -2.23. The first kappa shape index (κ1) is 24.5. The van der Waals surface area contributed by atoms with Gasteiger partial charge in [-0.15, -0.1) is 24.0 Å². The summed E-state index contributed by atoms with van der Waals surface area (Å²) in [6, 6.07) is 8.00. The van der Waals surface area contributed by atoms with Crippen LogP contribution in [-0.4, -0.2) is 61.6 Å². The highest BCUT2D eigenvalue weighted by molar-refractivity contribution is 14.0.